The molecule has 3 heterocycles. The zero-order valence-corrected chi connectivity index (χ0v) is 14.7. The van der Waals surface area contributed by atoms with Crippen LogP contribution in [0.4, 0.5) is 0 Å². The van der Waals surface area contributed by atoms with E-state index in [9.17, 15) is 0 Å². The van der Waals surface area contributed by atoms with Gasteiger partial charge in [0, 0.05) is 15.2 Å². The Morgan fingerprint density at radius 2 is 1.88 bits per heavy atom. The molecular weight excluding hydrogens is 340 g/mol. The summed E-state index contributed by atoms with van der Waals surface area (Å²) in [6, 6.07) is 6.11. The lowest BCUT2D eigenvalue weighted by molar-refractivity contribution is 0.171. The van der Waals surface area contributed by atoms with Gasteiger partial charge >= 0.3 is 0 Å². The first-order valence-electron chi connectivity index (χ1n) is 8.21. The smallest absolute Gasteiger partial charge is 0.162 e. The Morgan fingerprint density at radius 3 is 2.83 bits per heavy atom. The fourth-order valence-electron chi connectivity index (χ4n) is 3.34. The lowest BCUT2D eigenvalue weighted by Crippen LogP contribution is -2.15. The first-order chi connectivity index (χ1) is 11.9. The zero-order valence-electron chi connectivity index (χ0n) is 13.1. The molecule has 5 rings (SSSR count). The molecule has 0 fully saturated rings. The largest absolute Gasteiger partial charge is 0.486 e. The predicted molar refractivity (Wildman–Crippen MR) is 95.6 cm³/mol. The predicted octanol–water partition coefficient (Wildman–Crippen LogP) is 4.49. The van der Waals surface area contributed by atoms with Gasteiger partial charge in [-0.15, -0.1) is 11.3 Å². The molecule has 0 bridgehead atoms. The maximum Gasteiger partial charge on any atom is 0.162 e. The fraction of sp³-hybridized carbons (Fsp3) is 0.333. The highest BCUT2D eigenvalue weighted by atomic mass is 32.2. The number of thiophene rings is 1. The number of hydrogen-bond acceptors (Lipinski definition) is 6. The second-order valence-electron chi connectivity index (χ2n) is 5.98. The van der Waals surface area contributed by atoms with Gasteiger partial charge < -0.3 is 9.47 Å². The number of ether oxygens (including phenoxy) is 2. The van der Waals surface area contributed by atoms with Gasteiger partial charge in [-0.25, -0.2) is 9.97 Å². The lowest BCUT2D eigenvalue weighted by Gasteiger charge is -2.18. The third kappa shape index (κ3) is 2.45. The van der Waals surface area contributed by atoms with Gasteiger partial charge in [0.15, 0.2) is 11.5 Å². The molecule has 0 saturated carbocycles. The van der Waals surface area contributed by atoms with Crippen LogP contribution >= 0.6 is 23.1 Å². The van der Waals surface area contributed by atoms with E-state index in [1.807, 2.05) is 23.5 Å². The molecule has 0 saturated heterocycles. The van der Waals surface area contributed by atoms with Crippen LogP contribution in [0.2, 0.25) is 0 Å². The van der Waals surface area contributed by atoms with E-state index in [1.165, 1.54) is 35.1 Å². The minimum absolute atomic E-state index is 0.608. The number of nitrogens with zero attached hydrogens (tertiary/aromatic N) is 2. The lowest BCUT2D eigenvalue weighted by atomic mass is 9.97. The molecule has 122 valence electrons. The van der Waals surface area contributed by atoms with Gasteiger partial charge in [-0.2, -0.15) is 0 Å². The average molecular weight is 356 g/mol. The van der Waals surface area contributed by atoms with E-state index >= 15 is 0 Å². The van der Waals surface area contributed by atoms with Crippen molar-refractivity contribution >= 4 is 33.3 Å². The number of aromatic nitrogens is 2. The molecule has 0 radical (unpaired) electrons. The van der Waals surface area contributed by atoms with Crippen molar-refractivity contribution in [3.63, 3.8) is 0 Å². The Balaban J connectivity index is 1.56. The van der Waals surface area contributed by atoms with Crippen LogP contribution in [0.1, 0.15) is 23.3 Å². The number of hydrogen-bond donors (Lipinski definition) is 0. The van der Waals surface area contributed by atoms with E-state index in [1.54, 1.807) is 18.1 Å². The van der Waals surface area contributed by atoms with E-state index in [-0.39, 0.29) is 0 Å². The third-order valence-corrected chi connectivity index (χ3v) is 6.64. The van der Waals surface area contributed by atoms with Gasteiger partial charge in [-0.3, -0.25) is 0 Å². The third-order valence-electron chi connectivity index (χ3n) is 4.44. The number of aryl methyl sites for hydroxylation is 2. The van der Waals surface area contributed by atoms with Gasteiger partial charge in [0.1, 0.15) is 29.4 Å². The zero-order chi connectivity index (χ0) is 15.9. The SMILES string of the molecule is c1nc(Sc2ccc3c(c2)OCCO3)c2c3c(sc2n1)CCCC3. The van der Waals surface area contributed by atoms with Crippen molar-refractivity contribution in [2.45, 2.75) is 35.6 Å². The summed E-state index contributed by atoms with van der Waals surface area (Å²) in [5, 5.41) is 2.31. The minimum Gasteiger partial charge on any atom is -0.486 e. The highest BCUT2D eigenvalue weighted by Gasteiger charge is 2.21. The van der Waals surface area contributed by atoms with Gasteiger partial charge in [-0.05, 0) is 49.4 Å². The van der Waals surface area contributed by atoms with Crippen molar-refractivity contribution in [1.29, 1.82) is 0 Å². The average Bonchev–Trinajstić information content (AvgIpc) is 3.01. The van der Waals surface area contributed by atoms with Crippen LogP contribution in [0, 0.1) is 0 Å². The van der Waals surface area contributed by atoms with Crippen molar-refractivity contribution in [3.8, 4) is 11.5 Å². The van der Waals surface area contributed by atoms with E-state index < -0.39 is 0 Å². The molecule has 2 aromatic heterocycles. The first kappa shape index (κ1) is 14.5. The molecule has 0 unspecified atom stereocenters. The summed E-state index contributed by atoms with van der Waals surface area (Å²) < 4.78 is 11.3. The highest BCUT2D eigenvalue weighted by Crippen LogP contribution is 2.42. The summed E-state index contributed by atoms with van der Waals surface area (Å²) in [5.41, 5.74) is 1.47. The topological polar surface area (TPSA) is 44.2 Å². The summed E-state index contributed by atoms with van der Waals surface area (Å²) in [7, 11) is 0. The molecule has 0 spiro atoms. The first-order valence-corrected chi connectivity index (χ1v) is 9.84. The van der Waals surface area contributed by atoms with E-state index in [4.69, 9.17) is 9.47 Å². The van der Waals surface area contributed by atoms with Crippen LogP contribution in [0.5, 0.6) is 11.5 Å². The highest BCUT2D eigenvalue weighted by molar-refractivity contribution is 7.99. The Hall–Kier alpha value is -1.79. The van der Waals surface area contributed by atoms with Crippen molar-refractivity contribution in [2.75, 3.05) is 13.2 Å². The van der Waals surface area contributed by atoms with Crippen LogP contribution in [-0.2, 0) is 12.8 Å². The van der Waals surface area contributed by atoms with Gasteiger partial charge in [0.05, 0.1) is 0 Å². The Bertz CT molecular complexity index is 923. The fourth-order valence-corrected chi connectivity index (χ4v) is 5.58. The monoisotopic (exact) mass is 356 g/mol. The molecule has 3 aromatic rings. The normalized spacial score (nSPS) is 16.2. The van der Waals surface area contributed by atoms with Gasteiger partial charge in [-0.1, -0.05) is 11.8 Å². The molecule has 24 heavy (non-hydrogen) atoms. The second-order valence-corrected chi connectivity index (χ2v) is 8.12. The van der Waals surface area contributed by atoms with Crippen LogP contribution in [0.15, 0.2) is 34.4 Å². The molecule has 0 amide bonds. The van der Waals surface area contributed by atoms with Crippen molar-refractivity contribution in [1.82, 2.24) is 9.97 Å². The number of fused-ring (bicyclic) bond motifs is 4. The van der Waals surface area contributed by atoms with E-state index in [0.29, 0.717) is 13.2 Å². The molecule has 1 aromatic carbocycles. The van der Waals surface area contributed by atoms with Crippen LogP contribution in [0.3, 0.4) is 0 Å². The maximum absolute atomic E-state index is 5.70. The van der Waals surface area contributed by atoms with Crippen LogP contribution in [0.25, 0.3) is 10.2 Å². The summed E-state index contributed by atoms with van der Waals surface area (Å²) in [6.45, 7) is 1.23. The molecule has 6 heteroatoms. The molecular formula is C18H16N2O2S2. The number of benzene rings is 1. The summed E-state index contributed by atoms with van der Waals surface area (Å²) >= 11 is 3.53. The molecule has 0 atom stereocenters. The Morgan fingerprint density at radius 1 is 1.00 bits per heavy atom. The maximum atomic E-state index is 5.70. The van der Waals surface area contributed by atoms with Crippen molar-refractivity contribution < 1.29 is 9.47 Å². The summed E-state index contributed by atoms with van der Waals surface area (Å²) in [5.74, 6) is 1.65. The van der Waals surface area contributed by atoms with E-state index in [0.717, 1.165) is 32.7 Å². The summed E-state index contributed by atoms with van der Waals surface area (Å²) in [6.07, 6.45) is 6.58. The summed E-state index contributed by atoms with van der Waals surface area (Å²) in [4.78, 5) is 12.8. The van der Waals surface area contributed by atoms with Crippen molar-refractivity contribution in [2.24, 2.45) is 0 Å². The van der Waals surface area contributed by atoms with Gasteiger partial charge in [0.2, 0.25) is 0 Å². The molecule has 4 nitrogen and oxygen atoms in total. The molecule has 2 aliphatic rings. The number of rotatable bonds is 2. The second kappa shape index (κ2) is 5.93. The standard InChI is InChI=1S/C18H16N2O2S2/c1-2-4-15-12(3-1)16-17(19-10-20-18(16)24-15)23-11-5-6-13-14(9-11)22-8-7-21-13/h5-6,9-10H,1-4,7-8H2. The molecule has 0 N–H and O–H groups in total. The molecule has 1 aliphatic heterocycles. The van der Waals surface area contributed by atoms with Crippen LogP contribution < -0.4 is 9.47 Å². The van der Waals surface area contributed by atoms with E-state index in [2.05, 4.69) is 16.0 Å². The van der Waals surface area contributed by atoms with Gasteiger partial charge in [0.25, 0.3) is 0 Å². The Labute approximate surface area is 148 Å². The molecule has 1 aliphatic carbocycles. The Kier molecular flexibility index (Phi) is 3.60. The van der Waals surface area contributed by atoms with Crippen LogP contribution in [-0.4, -0.2) is 23.2 Å². The quantitative estimate of drug-likeness (QED) is 0.633. The minimum atomic E-state index is 0.608. The van der Waals surface area contributed by atoms with Crippen molar-refractivity contribution in [3.05, 3.63) is 35.0 Å².